The molecule has 1 saturated carbocycles. The molecule has 5 unspecified atom stereocenters. The summed E-state index contributed by atoms with van der Waals surface area (Å²) in [5.74, 6) is 3.53. The Morgan fingerprint density at radius 3 is 1.97 bits per heavy atom. The van der Waals surface area contributed by atoms with Crippen molar-refractivity contribution in [3.63, 3.8) is 0 Å². The summed E-state index contributed by atoms with van der Waals surface area (Å²) >= 11 is 0. The van der Waals surface area contributed by atoms with Gasteiger partial charge in [-0.05, 0) is 178 Å². The Morgan fingerprint density at radius 2 is 1.24 bits per heavy atom. The third-order valence-electron chi connectivity index (χ3n) is 15.6. The van der Waals surface area contributed by atoms with Crippen LogP contribution in [0.1, 0.15) is 146 Å². The molecule has 0 radical (unpaired) electrons. The van der Waals surface area contributed by atoms with Gasteiger partial charge in [-0.1, -0.05) is 135 Å². The zero-order valence-electron chi connectivity index (χ0n) is 37.3. The Hall–Kier alpha value is -4.63. The molecule has 0 bridgehead atoms. The van der Waals surface area contributed by atoms with Crippen LogP contribution in [0.25, 0.3) is 5.57 Å². The van der Waals surface area contributed by atoms with E-state index in [1.165, 1.54) is 127 Å². The van der Waals surface area contributed by atoms with Gasteiger partial charge < -0.3 is 0 Å². The lowest BCUT2D eigenvalue weighted by molar-refractivity contribution is 0.408. The quantitative estimate of drug-likeness (QED) is 0.223. The van der Waals surface area contributed by atoms with Crippen LogP contribution >= 0.6 is 0 Å². The molecule has 0 N–H and O–H groups in total. The molecule has 1 fully saturated rings. The largest absolute Gasteiger partial charge is 0.283 e. The lowest BCUT2D eigenvalue weighted by Crippen LogP contribution is -2.26. The second-order valence-corrected chi connectivity index (χ2v) is 19.7. The van der Waals surface area contributed by atoms with Crippen LogP contribution in [0, 0.1) is 29.6 Å². The molecule has 62 heavy (non-hydrogen) atoms. The van der Waals surface area contributed by atoms with Gasteiger partial charge in [0.1, 0.15) is 5.84 Å². The van der Waals surface area contributed by atoms with Crippen LogP contribution in [-0.4, -0.2) is 29.8 Å². The van der Waals surface area contributed by atoms with Crippen LogP contribution in [0.5, 0.6) is 0 Å². The summed E-state index contributed by atoms with van der Waals surface area (Å²) < 4.78 is 0. The van der Waals surface area contributed by atoms with E-state index in [2.05, 4.69) is 115 Å². The Kier molecular flexibility index (Phi) is 13.2. The molecule has 0 spiro atoms. The molecule has 7 aliphatic carbocycles. The fourth-order valence-corrected chi connectivity index (χ4v) is 11.9. The molecule has 0 amide bonds. The second-order valence-electron chi connectivity index (χ2n) is 19.7. The van der Waals surface area contributed by atoms with Gasteiger partial charge in [0, 0.05) is 30.0 Å². The highest BCUT2D eigenvalue weighted by Crippen LogP contribution is 2.40. The van der Waals surface area contributed by atoms with Crippen molar-refractivity contribution in [1.29, 1.82) is 0 Å². The number of amidine groups is 1. The minimum Gasteiger partial charge on any atom is -0.283 e. The highest BCUT2D eigenvalue weighted by atomic mass is 15.0. The van der Waals surface area contributed by atoms with Gasteiger partial charge in [0.2, 0.25) is 0 Å². The Balaban J connectivity index is 0.897. The molecular formula is C59H69N3. The van der Waals surface area contributed by atoms with Crippen LogP contribution in [-0.2, 0) is 0 Å². The third kappa shape index (κ3) is 9.63. The summed E-state index contributed by atoms with van der Waals surface area (Å²) in [5, 5.41) is 0. The topological polar surface area (TPSA) is 37.1 Å². The van der Waals surface area contributed by atoms with Gasteiger partial charge in [-0.2, -0.15) is 0 Å². The second kappa shape index (κ2) is 19.8. The van der Waals surface area contributed by atoms with Crippen LogP contribution in [0.4, 0.5) is 0 Å². The van der Waals surface area contributed by atoms with Crippen LogP contribution in [0.3, 0.4) is 0 Å². The van der Waals surface area contributed by atoms with E-state index in [4.69, 9.17) is 15.0 Å². The molecule has 2 aliphatic heterocycles. The summed E-state index contributed by atoms with van der Waals surface area (Å²) in [4.78, 5) is 16.8. The van der Waals surface area contributed by atoms with Crippen molar-refractivity contribution < 1.29 is 0 Å². The fraction of sp³-hybridized carbons (Fsp3) is 0.475. The number of hydrogen-bond acceptors (Lipinski definition) is 3. The normalized spacial score (nSPS) is 29.6. The third-order valence-corrected chi connectivity index (χ3v) is 15.6. The number of rotatable bonds is 9. The minimum atomic E-state index is 0.270. The number of dihydropyridines is 1. The van der Waals surface area contributed by atoms with Crippen molar-refractivity contribution in [2.24, 2.45) is 44.6 Å². The van der Waals surface area contributed by atoms with Crippen LogP contribution in [0.2, 0.25) is 0 Å². The Labute approximate surface area is 373 Å². The summed E-state index contributed by atoms with van der Waals surface area (Å²) in [5.41, 5.74) is 15.6. The summed E-state index contributed by atoms with van der Waals surface area (Å²) in [6.07, 6.45) is 61.5. The number of nitrogens with zero attached hydrogens (tertiary/aromatic N) is 3. The molecule has 0 aromatic heterocycles. The lowest BCUT2D eigenvalue weighted by Gasteiger charge is -2.31. The maximum absolute atomic E-state index is 5.72. The molecule has 5 atom stereocenters. The van der Waals surface area contributed by atoms with E-state index in [9.17, 15) is 0 Å². The van der Waals surface area contributed by atoms with E-state index in [1.54, 1.807) is 11.1 Å². The van der Waals surface area contributed by atoms with Gasteiger partial charge in [-0.15, -0.1) is 0 Å². The number of aliphatic imine (C=N–C) groups is 3. The number of hydrogen-bond donors (Lipinski definition) is 0. The monoisotopic (exact) mass is 820 g/mol. The Bertz CT molecular complexity index is 2280. The minimum absolute atomic E-state index is 0.270. The predicted octanol–water partition coefficient (Wildman–Crippen LogP) is 15.2. The molecule has 3 heteroatoms. The van der Waals surface area contributed by atoms with Crippen molar-refractivity contribution in [2.75, 3.05) is 6.54 Å². The molecule has 10 rings (SSSR count). The fourth-order valence-electron chi connectivity index (χ4n) is 11.9. The van der Waals surface area contributed by atoms with Crippen LogP contribution < -0.4 is 0 Å². The van der Waals surface area contributed by atoms with Crippen molar-refractivity contribution >= 4 is 22.8 Å². The zero-order valence-corrected chi connectivity index (χ0v) is 37.3. The SMILES string of the molecule is C1=CC(C2=CCC(C3=NC(C4=CCC(C5=CCCC=C5)CC4)CCCC(C4C=C(c5ccc(C6=NCC(C7=CCCC=C7)C=C6C6CCCCC6)cc5)C=CC4)=N3)CC2)=CCC1. The van der Waals surface area contributed by atoms with E-state index in [0.29, 0.717) is 29.6 Å². The number of benzene rings is 1. The van der Waals surface area contributed by atoms with Crippen molar-refractivity contribution in [2.45, 2.75) is 141 Å². The van der Waals surface area contributed by atoms with Crippen molar-refractivity contribution in [1.82, 2.24) is 0 Å². The van der Waals surface area contributed by atoms with Crippen molar-refractivity contribution in [3.8, 4) is 0 Å². The van der Waals surface area contributed by atoms with E-state index in [1.807, 2.05) is 0 Å². The van der Waals surface area contributed by atoms with Crippen molar-refractivity contribution in [3.05, 3.63) is 160 Å². The highest BCUT2D eigenvalue weighted by molar-refractivity contribution is 6.13. The van der Waals surface area contributed by atoms with E-state index in [-0.39, 0.29) is 6.04 Å². The van der Waals surface area contributed by atoms with E-state index < -0.39 is 0 Å². The standard InChI is InChI=1S/C59H69N3/c1-5-15-42(16-6-1)45-27-33-49(34-28-45)56-25-14-26-57(62-59(61-56)51-37-31-46(32-38-51)43-17-7-2-8-18-43)53-24-13-23-52(39-53)47-29-35-50(36-30-47)58-55(48-21-11-4-12-22-48)40-54(41-60-58)44-19-9-3-10-20-44/h5,7,9,13,15-20,23,29-31,33,35-36,39-40,45,48,51,53-54,56H,1-4,6,8,10-12,14,21-22,24-28,32,34,37-38,41H2. The van der Waals surface area contributed by atoms with E-state index >= 15 is 0 Å². The molecule has 9 aliphatic rings. The van der Waals surface area contributed by atoms with Crippen LogP contribution in [0.15, 0.2) is 164 Å². The first-order valence-electron chi connectivity index (χ1n) is 25.1. The summed E-state index contributed by atoms with van der Waals surface area (Å²) in [7, 11) is 0. The lowest BCUT2D eigenvalue weighted by atomic mass is 9.77. The molecule has 1 aromatic carbocycles. The van der Waals surface area contributed by atoms with Gasteiger partial charge >= 0.3 is 0 Å². The summed E-state index contributed by atoms with van der Waals surface area (Å²) in [6.45, 7) is 0.856. The first-order chi connectivity index (χ1) is 30.7. The summed E-state index contributed by atoms with van der Waals surface area (Å²) in [6, 6.07) is 9.70. The molecule has 0 saturated heterocycles. The first kappa shape index (κ1) is 41.4. The maximum Gasteiger partial charge on any atom is 0.127 e. The highest BCUT2D eigenvalue weighted by Gasteiger charge is 2.30. The average molecular weight is 820 g/mol. The maximum atomic E-state index is 5.72. The van der Waals surface area contributed by atoms with Gasteiger partial charge in [-0.25, -0.2) is 4.99 Å². The van der Waals surface area contributed by atoms with Gasteiger partial charge in [0.15, 0.2) is 0 Å². The molecule has 1 aromatic rings. The van der Waals surface area contributed by atoms with E-state index in [0.717, 1.165) is 70.2 Å². The molecule has 320 valence electrons. The molecule has 3 nitrogen and oxygen atoms in total. The average Bonchev–Trinajstić information content (AvgIpc) is 3.35. The Morgan fingerprint density at radius 1 is 0.500 bits per heavy atom. The van der Waals surface area contributed by atoms with Gasteiger partial charge in [0.05, 0.1) is 11.8 Å². The van der Waals surface area contributed by atoms with Gasteiger partial charge in [-0.3, -0.25) is 9.98 Å². The zero-order chi connectivity index (χ0) is 41.5. The molecule has 2 heterocycles. The number of allylic oxidation sites excluding steroid dienone is 19. The molecular weight excluding hydrogens is 751 g/mol. The van der Waals surface area contributed by atoms with Gasteiger partial charge in [0.25, 0.3) is 0 Å². The first-order valence-corrected chi connectivity index (χ1v) is 25.1. The smallest absolute Gasteiger partial charge is 0.127 e. The predicted molar refractivity (Wildman–Crippen MR) is 264 cm³/mol.